The number of carbonyl (C=O) groups is 1. The van der Waals surface area contributed by atoms with Gasteiger partial charge in [-0.1, -0.05) is 56.7 Å². The van der Waals surface area contributed by atoms with Gasteiger partial charge in [0.1, 0.15) is 0 Å². The van der Waals surface area contributed by atoms with E-state index >= 15 is 0 Å². The van der Waals surface area contributed by atoms with Gasteiger partial charge in [-0.2, -0.15) is 0 Å². The maximum absolute atomic E-state index is 12.2. The Morgan fingerprint density at radius 3 is 2.83 bits per heavy atom. The summed E-state index contributed by atoms with van der Waals surface area (Å²) in [5.74, 6) is 2.01. The second-order valence-corrected chi connectivity index (χ2v) is 7.40. The number of nitrogens with one attached hydrogen (secondary N) is 1. The van der Waals surface area contributed by atoms with Gasteiger partial charge in [0.25, 0.3) is 5.22 Å². The average Bonchev–Trinajstić information content (AvgIpc) is 3.07. The predicted molar refractivity (Wildman–Crippen MR) is 94.6 cm³/mol. The van der Waals surface area contributed by atoms with Crippen LogP contribution in [0.15, 0.2) is 40.0 Å². The summed E-state index contributed by atoms with van der Waals surface area (Å²) >= 11 is 1.28. The van der Waals surface area contributed by atoms with Crippen LogP contribution >= 0.6 is 11.8 Å². The van der Waals surface area contributed by atoms with Gasteiger partial charge in [-0.3, -0.25) is 4.79 Å². The Morgan fingerprint density at radius 2 is 2.04 bits per heavy atom. The van der Waals surface area contributed by atoms with E-state index in [1.54, 1.807) is 0 Å². The number of nitrogens with zero attached hydrogens (tertiary/aromatic N) is 2. The Balaban J connectivity index is 1.51. The first-order valence-electron chi connectivity index (χ1n) is 8.44. The molecule has 1 aliphatic rings. The Labute approximate surface area is 146 Å². The van der Waals surface area contributed by atoms with E-state index in [0.717, 1.165) is 12.0 Å². The van der Waals surface area contributed by atoms with E-state index in [0.29, 0.717) is 28.7 Å². The van der Waals surface area contributed by atoms with Crippen LogP contribution in [-0.4, -0.2) is 27.9 Å². The van der Waals surface area contributed by atoms with Gasteiger partial charge in [0.2, 0.25) is 11.8 Å². The lowest BCUT2D eigenvalue weighted by Gasteiger charge is -2.34. The molecule has 1 aromatic heterocycles. The summed E-state index contributed by atoms with van der Waals surface area (Å²) in [7, 11) is 0. The third kappa shape index (κ3) is 4.17. The number of rotatable bonds is 5. The van der Waals surface area contributed by atoms with E-state index in [4.69, 9.17) is 4.42 Å². The highest BCUT2D eigenvalue weighted by Crippen LogP contribution is 2.29. The molecule has 1 aromatic carbocycles. The highest BCUT2D eigenvalue weighted by Gasteiger charge is 2.28. The van der Waals surface area contributed by atoms with Crippen LogP contribution in [0.1, 0.15) is 33.1 Å². The summed E-state index contributed by atoms with van der Waals surface area (Å²) in [6.45, 7) is 4.49. The van der Waals surface area contributed by atoms with E-state index in [1.165, 1.54) is 24.6 Å². The molecular weight excluding hydrogens is 322 g/mol. The normalized spacial score (nSPS) is 23.8. The van der Waals surface area contributed by atoms with Crippen LogP contribution in [0.3, 0.4) is 0 Å². The van der Waals surface area contributed by atoms with Gasteiger partial charge in [-0.05, 0) is 30.4 Å². The molecule has 0 radical (unpaired) electrons. The number of carbonyl (C=O) groups excluding carboxylic acids is 1. The zero-order valence-electron chi connectivity index (χ0n) is 14.1. The van der Waals surface area contributed by atoms with Crippen molar-refractivity contribution in [2.45, 2.75) is 44.4 Å². The van der Waals surface area contributed by atoms with Crippen LogP contribution < -0.4 is 5.32 Å². The minimum atomic E-state index is 0.0328. The number of hydrogen-bond donors (Lipinski definition) is 1. The predicted octanol–water partition coefficient (Wildman–Crippen LogP) is 3.77. The van der Waals surface area contributed by atoms with Crippen molar-refractivity contribution in [1.29, 1.82) is 0 Å². The molecule has 1 aliphatic carbocycles. The first-order valence-corrected chi connectivity index (χ1v) is 9.43. The molecule has 3 atom stereocenters. The minimum Gasteiger partial charge on any atom is -0.411 e. The van der Waals surface area contributed by atoms with Crippen molar-refractivity contribution in [2.24, 2.45) is 11.8 Å². The average molecular weight is 345 g/mol. The van der Waals surface area contributed by atoms with Crippen LogP contribution in [0.5, 0.6) is 0 Å². The quantitative estimate of drug-likeness (QED) is 0.836. The van der Waals surface area contributed by atoms with Crippen LogP contribution in [-0.2, 0) is 4.79 Å². The lowest BCUT2D eigenvalue weighted by molar-refractivity contribution is -0.120. The maximum Gasteiger partial charge on any atom is 0.277 e. The zero-order valence-corrected chi connectivity index (χ0v) is 14.9. The number of benzene rings is 1. The third-order valence-corrected chi connectivity index (χ3v) is 5.63. The van der Waals surface area contributed by atoms with Gasteiger partial charge < -0.3 is 9.73 Å². The first kappa shape index (κ1) is 17.0. The number of thioether (sulfide) groups is 1. The molecular formula is C18H23N3O2S. The highest BCUT2D eigenvalue weighted by molar-refractivity contribution is 7.99. The minimum absolute atomic E-state index is 0.0328. The van der Waals surface area contributed by atoms with Crippen LogP contribution in [0.2, 0.25) is 0 Å². The van der Waals surface area contributed by atoms with Crippen molar-refractivity contribution in [3.63, 3.8) is 0 Å². The van der Waals surface area contributed by atoms with E-state index in [9.17, 15) is 4.79 Å². The highest BCUT2D eigenvalue weighted by atomic mass is 32.2. The molecule has 0 spiro atoms. The fraction of sp³-hybridized carbons (Fsp3) is 0.500. The van der Waals surface area contributed by atoms with Gasteiger partial charge in [0.15, 0.2) is 0 Å². The van der Waals surface area contributed by atoms with Gasteiger partial charge in [0, 0.05) is 11.6 Å². The molecule has 24 heavy (non-hydrogen) atoms. The summed E-state index contributed by atoms with van der Waals surface area (Å²) < 4.78 is 5.61. The van der Waals surface area contributed by atoms with Crippen LogP contribution in [0.25, 0.3) is 11.5 Å². The second-order valence-electron chi connectivity index (χ2n) is 6.47. The molecule has 1 amide bonds. The van der Waals surface area contributed by atoms with Crippen molar-refractivity contribution in [3.05, 3.63) is 30.3 Å². The van der Waals surface area contributed by atoms with Crippen LogP contribution in [0.4, 0.5) is 0 Å². The first-order chi connectivity index (χ1) is 11.6. The lowest BCUT2D eigenvalue weighted by Crippen LogP contribution is -2.44. The summed E-state index contributed by atoms with van der Waals surface area (Å²) in [6, 6.07) is 9.90. The van der Waals surface area contributed by atoms with Crippen molar-refractivity contribution >= 4 is 17.7 Å². The zero-order chi connectivity index (χ0) is 16.9. The molecule has 6 heteroatoms. The van der Waals surface area contributed by atoms with Crippen LogP contribution in [0, 0.1) is 11.8 Å². The summed E-state index contributed by atoms with van der Waals surface area (Å²) in [5, 5.41) is 11.6. The molecule has 1 heterocycles. The number of amides is 1. The van der Waals surface area contributed by atoms with Crippen molar-refractivity contribution in [2.75, 3.05) is 5.75 Å². The Hall–Kier alpha value is -1.82. The fourth-order valence-corrected chi connectivity index (χ4v) is 3.70. The third-order valence-electron chi connectivity index (χ3n) is 4.81. The molecule has 3 rings (SSSR count). The van der Waals surface area contributed by atoms with Gasteiger partial charge >= 0.3 is 0 Å². The molecule has 2 aromatic rings. The molecule has 0 bridgehead atoms. The second kappa shape index (κ2) is 7.83. The Morgan fingerprint density at radius 1 is 1.25 bits per heavy atom. The van der Waals surface area contributed by atoms with Crippen molar-refractivity contribution < 1.29 is 9.21 Å². The van der Waals surface area contributed by atoms with E-state index in [1.807, 2.05) is 30.3 Å². The Bertz CT molecular complexity index is 674. The molecule has 1 N–H and O–H groups in total. The summed E-state index contributed by atoms with van der Waals surface area (Å²) in [4.78, 5) is 12.2. The maximum atomic E-state index is 12.2. The summed E-state index contributed by atoms with van der Waals surface area (Å²) in [6.07, 6.45) is 3.51. The van der Waals surface area contributed by atoms with E-state index < -0.39 is 0 Å². The standard InChI is InChI=1S/C18H23N3O2S/c1-12-7-6-10-15(13(12)2)19-16(22)11-24-18-21-20-17(23-18)14-8-4-3-5-9-14/h3-5,8-9,12-13,15H,6-7,10-11H2,1-2H3,(H,19,22)/t12-,13+,15+/m0/s1. The van der Waals surface area contributed by atoms with Gasteiger partial charge in [-0.15, -0.1) is 10.2 Å². The SMILES string of the molecule is C[C@@H]1[C@@H](C)CCC[C@H]1NC(=O)CSc1nnc(-c2ccccc2)o1. The largest absolute Gasteiger partial charge is 0.411 e. The monoisotopic (exact) mass is 345 g/mol. The smallest absolute Gasteiger partial charge is 0.277 e. The van der Waals surface area contributed by atoms with Crippen molar-refractivity contribution in [3.8, 4) is 11.5 Å². The molecule has 1 saturated carbocycles. The lowest BCUT2D eigenvalue weighted by atomic mass is 9.78. The Kier molecular flexibility index (Phi) is 5.56. The topological polar surface area (TPSA) is 68.0 Å². The molecule has 0 aliphatic heterocycles. The molecule has 1 fully saturated rings. The molecule has 5 nitrogen and oxygen atoms in total. The van der Waals surface area contributed by atoms with Crippen molar-refractivity contribution in [1.82, 2.24) is 15.5 Å². The molecule has 0 saturated heterocycles. The van der Waals surface area contributed by atoms with E-state index in [-0.39, 0.29) is 11.9 Å². The fourth-order valence-electron chi connectivity index (χ4n) is 3.13. The summed E-state index contributed by atoms with van der Waals surface area (Å²) in [5.41, 5.74) is 0.881. The van der Waals surface area contributed by atoms with E-state index in [2.05, 4.69) is 29.4 Å². The number of aromatic nitrogens is 2. The molecule has 128 valence electrons. The molecule has 0 unspecified atom stereocenters. The van der Waals surface area contributed by atoms with Gasteiger partial charge in [-0.25, -0.2) is 0 Å². The number of hydrogen-bond acceptors (Lipinski definition) is 5. The van der Waals surface area contributed by atoms with Gasteiger partial charge in [0.05, 0.1) is 5.75 Å².